The van der Waals surface area contributed by atoms with Gasteiger partial charge >= 0.3 is 0 Å². The van der Waals surface area contributed by atoms with Crippen LogP contribution in [-0.4, -0.2) is 0 Å². The van der Waals surface area contributed by atoms with Crippen LogP contribution in [0.4, 0.5) is 0 Å². The second-order valence-corrected chi connectivity index (χ2v) is 25.2. The molecule has 0 spiro atoms. The van der Waals surface area contributed by atoms with Gasteiger partial charge in [-0.15, -0.1) is 0 Å². The van der Waals surface area contributed by atoms with E-state index in [1.54, 1.807) is 0 Å². The van der Waals surface area contributed by atoms with E-state index in [0.29, 0.717) is 0 Å². The lowest BCUT2D eigenvalue weighted by Gasteiger charge is -2.21. The maximum atomic E-state index is 6.64. The Morgan fingerprint density at radius 3 is 1.10 bits per heavy atom. The lowest BCUT2D eigenvalue weighted by Crippen LogP contribution is -1.94. The summed E-state index contributed by atoms with van der Waals surface area (Å²) in [5.74, 6) is 0. The van der Waals surface area contributed by atoms with Crippen LogP contribution in [0.3, 0.4) is 0 Å². The fourth-order valence-electron chi connectivity index (χ4n) is 15.8. The van der Waals surface area contributed by atoms with E-state index >= 15 is 0 Å². The zero-order chi connectivity index (χ0) is 63.2. The van der Waals surface area contributed by atoms with Crippen molar-refractivity contribution in [1.29, 1.82) is 0 Å². The molecule has 0 aliphatic heterocycles. The minimum absolute atomic E-state index is 0.905. The largest absolute Gasteiger partial charge is 0.456 e. The number of hydrogen-bond acceptors (Lipinski definition) is 2. The van der Waals surface area contributed by atoms with Crippen LogP contribution in [0.25, 0.3) is 197 Å². The van der Waals surface area contributed by atoms with Crippen molar-refractivity contribution in [3.8, 4) is 77.9 Å². The summed E-state index contributed by atoms with van der Waals surface area (Å²) in [5, 5.41) is 21.8. The van der Waals surface area contributed by atoms with Crippen molar-refractivity contribution in [1.82, 2.24) is 0 Å². The first-order valence-electron chi connectivity index (χ1n) is 33.0. The molecule has 2 heterocycles. The van der Waals surface area contributed by atoms with Gasteiger partial charge in [-0.05, 0) is 184 Å². The summed E-state index contributed by atoms with van der Waals surface area (Å²) in [4.78, 5) is 0. The van der Waals surface area contributed by atoms with Gasteiger partial charge in [-0.2, -0.15) is 0 Å². The summed E-state index contributed by atoms with van der Waals surface area (Å²) >= 11 is 0. The summed E-state index contributed by atoms with van der Waals surface area (Å²) in [6, 6.07) is 127. The first kappa shape index (κ1) is 55.1. The van der Waals surface area contributed by atoms with Gasteiger partial charge in [0.15, 0.2) is 0 Å². The Hall–Kier alpha value is -12.6. The molecular weight excluding hydrogens is 1160 g/mol. The first-order chi connectivity index (χ1) is 47.7. The smallest absolute Gasteiger partial charge is 0.143 e. The van der Waals surface area contributed by atoms with Crippen LogP contribution in [0.15, 0.2) is 361 Å². The average Bonchev–Trinajstić information content (AvgIpc) is 1.10. The first-order valence-corrected chi connectivity index (χ1v) is 33.0. The van der Waals surface area contributed by atoms with Gasteiger partial charge in [0.05, 0.1) is 0 Å². The van der Waals surface area contributed by atoms with Gasteiger partial charge in [0.25, 0.3) is 0 Å². The third kappa shape index (κ3) is 8.88. The van der Waals surface area contributed by atoms with Gasteiger partial charge in [-0.3, -0.25) is 0 Å². The fraction of sp³-hybridized carbons (Fsp3) is 0. The predicted molar refractivity (Wildman–Crippen MR) is 408 cm³/mol. The molecule has 2 aromatic heterocycles. The van der Waals surface area contributed by atoms with Crippen LogP contribution in [0, 0.1) is 0 Å². The third-order valence-corrected chi connectivity index (χ3v) is 19.9. The second kappa shape index (κ2) is 22.6. The lowest BCUT2D eigenvalue weighted by molar-refractivity contribution is 0.669. The highest BCUT2D eigenvalue weighted by Gasteiger charge is 2.25. The quantitative estimate of drug-likeness (QED) is 0.149. The maximum absolute atomic E-state index is 6.64. The summed E-state index contributed by atoms with van der Waals surface area (Å²) in [5.41, 5.74) is 20.8. The van der Waals surface area contributed by atoms with E-state index in [1.807, 2.05) is 0 Å². The number of benzene rings is 18. The van der Waals surface area contributed by atoms with E-state index in [-0.39, 0.29) is 0 Å². The van der Waals surface area contributed by atoms with Crippen molar-refractivity contribution in [2.24, 2.45) is 0 Å². The lowest BCUT2D eigenvalue weighted by atomic mass is 9.82. The predicted octanol–water partition coefficient (Wildman–Crippen LogP) is 26.9. The molecule has 0 amide bonds. The molecule has 18 aromatic carbocycles. The van der Waals surface area contributed by atoms with Crippen LogP contribution >= 0.6 is 0 Å². The number of fused-ring (bicyclic) bond motifs is 15. The second-order valence-electron chi connectivity index (χ2n) is 25.2. The average molecular weight is 1220 g/mol. The Morgan fingerprint density at radius 1 is 0.156 bits per heavy atom. The van der Waals surface area contributed by atoms with E-state index in [9.17, 15) is 0 Å². The molecule has 0 bridgehead atoms. The highest BCUT2D eigenvalue weighted by Crippen LogP contribution is 2.52. The van der Waals surface area contributed by atoms with Gasteiger partial charge in [0.2, 0.25) is 0 Å². The van der Waals surface area contributed by atoms with Crippen molar-refractivity contribution in [2.45, 2.75) is 0 Å². The number of hydrogen-bond donors (Lipinski definition) is 0. The molecule has 0 aliphatic rings. The van der Waals surface area contributed by atoms with Crippen molar-refractivity contribution in [2.75, 3.05) is 0 Å². The molecule has 0 fully saturated rings. The SMILES string of the molecule is c1ccc(-c2c3ccccc3c(-c3ccc4ccccc4c3-c3cccc4oc5ccc6ccccc6c5c34)c3ccccc23)cc1.c1ccc(-c2cccc(-c3cccc(-c4c5ccccc5c(-c5cccc6oc7c8ccccc8ccc7c56)c5ccccc45)c3)c2)cc1. The molecule has 0 aliphatic carbocycles. The molecule has 0 radical (unpaired) electrons. The highest BCUT2D eigenvalue weighted by molar-refractivity contribution is 6.30. The van der Waals surface area contributed by atoms with Crippen LogP contribution in [0.5, 0.6) is 0 Å². The Bertz CT molecular complexity index is 6390. The van der Waals surface area contributed by atoms with Gasteiger partial charge in [-0.1, -0.05) is 315 Å². The Kier molecular flexibility index (Phi) is 13.0. The van der Waals surface area contributed by atoms with Gasteiger partial charge in [0, 0.05) is 26.9 Å². The summed E-state index contributed by atoms with van der Waals surface area (Å²) < 4.78 is 13.2. The molecule has 96 heavy (non-hydrogen) atoms. The molecule has 0 saturated heterocycles. The Balaban J connectivity index is 0.000000135. The molecular formula is C94H58O2. The zero-order valence-electron chi connectivity index (χ0n) is 52.3. The standard InChI is InChI=1S/C48H30O.C46H28O/c1-2-13-31(14-3-1)33-16-10-17-34(29-33)35-18-11-19-36(30-35)45-38-21-6-8-23-40(38)46(41-24-9-7-22-39(41)45)42-25-12-26-44-47(42)43-28-27-32-15-4-5-20-37(32)48(43)49-44;1-2-15-31(16-3-1)42-34-19-8-10-21-36(34)44(37-22-11-9-20-35(37)42)39-27-25-29-13-4-6-17-32(29)43(39)38-23-12-24-40-46(38)45-33-18-7-5-14-30(33)26-28-41(45)47-40/h1-30H;1-28H. The summed E-state index contributed by atoms with van der Waals surface area (Å²) in [6.07, 6.45) is 0. The van der Waals surface area contributed by atoms with Gasteiger partial charge in [0.1, 0.15) is 22.3 Å². The van der Waals surface area contributed by atoms with Crippen LogP contribution in [0.1, 0.15) is 0 Å². The number of rotatable bonds is 7. The molecule has 0 unspecified atom stereocenters. The molecule has 2 heteroatoms. The van der Waals surface area contributed by atoms with Gasteiger partial charge in [-0.25, -0.2) is 0 Å². The van der Waals surface area contributed by atoms with E-state index in [1.165, 1.54) is 153 Å². The highest BCUT2D eigenvalue weighted by atomic mass is 16.3. The van der Waals surface area contributed by atoms with Crippen molar-refractivity contribution >= 4 is 119 Å². The van der Waals surface area contributed by atoms with Crippen LogP contribution < -0.4 is 0 Å². The zero-order valence-corrected chi connectivity index (χ0v) is 52.3. The molecule has 0 saturated carbocycles. The van der Waals surface area contributed by atoms with E-state index in [0.717, 1.165) is 43.9 Å². The summed E-state index contributed by atoms with van der Waals surface area (Å²) in [6.45, 7) is 0. The van der Waals surface area contributed by atoms with E-state index in [4.69, 9.17) is 8.83 Å². The fourth-order valence-corrected chi connectivity index (χ4v) is 15.8. The van der Waals surface area contributed by atoms with Crippen LogP contribution in [-0.2, 0) is 0 Å². The molecule has 20 aromatic rings. The van der Waals surface area contributed by atoms with E-state index in [2.05, 4.69) is 352 Å². The summed E-state index contributed by atoms with van der Waals surface area (Å²) in [7, 11) is 0. The van der Waals surface area contributed by atoms with Crippen LogP contribution in [0.2, 0.25) is 0 Å². The molecule has 20 rings (SSSR count). The third-order valence-electron chi connectivity index (χ3n) is 19.9. The minimum Gasteiger partial charge on any atom is -0.456 e. The Labute approximate surface area is 554 Å². The maximum Gasteiger partial charge on any atom is 0.143 e. The molecule has 2 nitrogen and oxygen atoms in total. The molecule has 446 valence electrons. The van der Waals surface area contributed by atoms with Gasteiger partial charge < -0.3 is 8.83 Å². The van der Waals surface area contributed by atoms with Crippen molar-refractivity contribution in [3.63, 3.8) is 0 Å². The monoisotopic (exact) mass is 1220 g/mol. The molecule has 0 N–H and O–H groups in total. The topological polar surface area (TPSA) is 26.3 Å². The molecule has 0 atom stereocenters. The minimum atomic E-state index is 0.905. The Morgan fingerprint density at radius 2 is 0.521 bits per heavy atom. The number of furan rings is 2. The van der Waals surface area contributed by atoms with Crippen molar-refractivity contribution in [3.05, 3.63) is 352 Å². The van der Waals surface area contributed by atoms with E-state index < -0.39 is 0 Å². The van der Waals surface area contributed by atoms with Crippen molar-refractivity contribution < 1.29 is 8.83 Å². The normalized spacial score (nSPS) is 11.8.